The molecule has 0 radical (unpaired) electrons. The smallest absolute Gasteiger partial charge is 0.258 e. The van der Waals surface area contributed by atoms with Gasteiger partial charge in [0.25, 0.3) is 0 Å². The molecule has 8 nitrogen and oxygen atoms in total. The highest BCUT2D eigenvalue weighted by Crippen LogP contribution is 2.28. The molecule has 8 aromatic rings. The molecule has 0 aliphatic carbocycles. The third kappa shape index (κ3) is 31.9. The highest BCUT2D eigenvalue weighted by Gasteiger charge is 2.33. The molecule has 77 heavy (non-hydrogen) atoms. The van der Waals surface area contributed by atoms with E-state index in [-0.39, 0.29) is 29.1 Å². The van der Waals surface area contributed by atoms with Crippen LogP contribution in [-0.2, 0) is 19.0 Å². The molecule has 0 aromatic carbocycles. The molecular formula is C56H59Br2F11N8. The minimum atomic E-state index is -4.58. The fraction of sp³-hybridized carbons (Fsp3) is 0.286. The summed E-state index contributed by atoms with van der Waals surface area (Å²) in [7, 11) is 0. The van der Waals surface area contributed by atoms with E-state index in [9.17, 15) is 48.3 Å². The summed E-state index contributed by atoms with van der Waals surface area (Å²) in [6, 6.07) is 22.7. The second-order valence-electron chi connectivity index (χ2n) is 16.7. The van der Waals surface area contributed by atoms with E-state index in [4.69, 9.17) is 0 Å². The van der Waals surface area contributed by atoms with Gasteiger partial charge in [-0.3, -0.25) is 9.97 Å². The van der Waals surface area contributed by atoms with Gasteiger partial charge < -0.3 is 0 Å². The Bertz CT molecular complexity index is 2460. The molecule has 0 amide bonds. The van der Waals surface area contributed by atoms with E-state index < -0.39 is 35.5 Å². The quantitative estimate of drug-likeness (QED) is 0.125. The monoisotopic (exact) mass is 1210 g/mol. The predicted molar refractivity (Wildman–Crippen MR) is 285 cm³/mol. The number of alkyl halides is 3. The zero-order valence-electron chi connectivity index (χ0n) is 44.6. The Hall–Kier alpha value is -6.61. The predicted octanol–water partition coefficient (Wildman–Crippen LogP) is 16.8. The molecule has 0 fully saturated rings. The lowest BCUT2D eigenvalue weighted by Crippen LogP contribution is -2.09. The van der Waals surface area contributed by atoms with Gasteiger partial charge in [0.1, 0.15) is 33.6 Å². The summed E-state index contributed by atoms with van der Waals surface area (Å²) in [5.74, 6) is -3.19. The zero-order valence-corrected chi connectivity index (χ0v) is 47.8. The summed E-state index contributed by atoms with van der Waals surface area (Å²) in [6.45, 7) is 23.1. The van der Waals surface area contributed by atoms with Gasteiger partial charge in [-0.1, -0.05) is 29.8 Å². The van der Waals surface area contributed by atoms with Crippen molar-refractivity contribution in [3.8, 4) is 0 Å². The van der Waals surface area contributed by atoms with Crippen LogP contribution in [0.2, 0.25) is 0 Å². The normalized spacial score (nSPS) is 10.1. The first-order valence-corrected chi connectivity index (χ1v) is 24.7. The number of aryl methyl sites for hydroxylation is 13. The molecular weight excluding hydrogens is 1150 g/mol. The van der Waals surface area contributed by atoms with E-state index in [0.717, 1.165) is 79.9 Å². The van der Waals surface area contributed by atoms with Gasteiger partial charge in [-0.05, 0) is 200 Å². The van der Waals surface area contributed by atoms with Crippen molar-refractivity contribution in [2.75, 3.05) is 0 Å². The van der Waals surface area contributed by atoms with Gasteiger partial charge in [0.2, 0.25) is 23.8 Å². The van der Waals surface area contributed by atoms with E-state index in [1.54, 1.807) is 61.5 Å². The standard InChI is InChI=1S/2C8H10FN.C7H5F4N.3C7H8FN.2C6H5BrFN/c1-3-8-5-7(9)4-6(2)10-8;1-3-7-4-6(2)10-8(9)5-7;1-4-2-5(8)3-6(12-4)7(9,10)11;1-5-3-7(8)4-6(2)9-5;2*1-5-3-6(2)9-7(8)4-5;1-4-2-5(8)3-6(7)9-4;1-4-2-5(7)3-6(8)9-4/h2*4-5H,3H2,1-2H3;2-3H,1H3;3*3-4H,1-2H3;2*2-3H,1H3. The van der Waals surface area contributed by atoms with Crippen molar-refractivity contribution in [1.29, 1.82) is 0 Å². The molecule has 0 N–H and O–H groups in total. The average Bonchev–Trinajstić information content (AvgIpc) is 3.24. The molecule has 0 aliphatic rings. The van der Waals surface area contributed by atoms with Crippen molar-refractivity contribution < 1.29 is 48.3 Å². The van der Waals surface area contributed by atoms with Gasteiger partial charge in [0, 0.05) is 79.6 Å². The van der Waals surface area contributed by atoms with E-state index in [1.165, 1.54) is 67.6 Å². The Kier molecular flexibility index (Phi) is 30.4. The van der Waals surface area contributed by atoms with Crippen LogP contribution in [0.1, 0.15) is 93.2 Å². The molecule has 0 saturated heterocycles. The van der Waals surface area contributed by atoms with E-state index in [2.05, 4.69) is 71.7 Å². The third-order valence-electron chi connectivity index (χ3n) is 8.89. The number of aromatic nitrogens is 8. The number of hydrogen-bond donors (Lipinski definition) is 0. The molecule has 8 heterocycles. The van der Waals surface area contributed by atoms with Crippen molar-refractivity contribution in [3.05, 3.63) is 233 Å². The number of nitrogens with zero attached hydrogens (tertiary/aromatic N) is 8. The maximum Gasteiger partial charge on any atom is 0.433 e. The lowest BCUT2D eigenvalue weighted by Gasteiger charge is -2.05. The highest BCUT2D eigenvalue weighted by molar-refractivity contribution is 9.10. The molecule has 8 rings (SSSR count). The Morgan fingerprint density at radius 1 is 0.338 bits per heavy atom. The minimum Gasteiger partial charge on any atom is -0.258 e. The lowest BCUT2D eigenvalue weighted by atomic mass is 10.2. The number of rotatable bonds is 2. The summed E-state index contributed by atoms with van der Waals surface area (Å²) >= 11 is 6.19. The first-order valence-electron chi connectivity index (χ1n) is 23.1. The molecule has 414 valence electrons. The molecule has 0 bridgehead atoms. The Morgan fingerprint density at radius 3 is 1.01 bits per heavy atom. The molecule has 0 spiro atoms. The molecule has 21 heteroatoms. The molecule has 0 aliphatic heterocycles. The zero-order chi connectivity index (χ0) is 58.7. The van der Waals surface area contributed by atoms with E-state index >= 15 is 0 Å². The van der Waals surface area contributed by atoms with Crippen LogP contribution in [0.25, 0.3) is 0 Å². The van der Waals surface area contributed by atoms with Gasteiger partial charge in [-0.25, -0.2) is 47.5 Å². The maximum absolute atomic E-state index is 12.6. The van der Waals surface area contributed by atoms with Crippen LogP contribution in [0.3, 0.4) is 0 Å². The number of pyridine rings is 8. The van der Waals surface area contributed by atoms with E-state index in [0.29, 0.717) is 22.1 Å². The van der Waals surface area contributed by atoms with Gasteiger partial charge in [-0.2, -0.15) is 30.7 Å². The Morgan fingerprint density at radius 2 is 0.688 bits per heavy atom. The summed E-state index contributed by atoms with van der Waals surface area (Å²) in [4.78, 5) is 29.4. The summed E-state index contributed by atoms with van der Waals surface area (Å²) in [5, 5.41) is 0. The van der Waals surface area contributed by atoms with Crippen LogP contribution in [0.15, 0.2) is 106 Å². The number of hydrogen-bond acceptors (Lipinski definition) is 8. The van der Waals surface area contributed by atoms with Gasteiger partial charge in [-0.15, -0.1) is 0 Å². The highest BCUT2D eigenvalue weighted by atomic mass is 79.9. The fourth-order valence-electron chi connectivity index (χ4n) is 6.09. The number of halogens is 13. The molecule has 0 atom stereocenters. The Labute approximate surface area is 459 Å². The minimum absolute atomic E-state index is 0.0160. The lowest BCUT2D eigenvalue weighted by molar-refractivity contribution is -0.141. The third-order valence-corrected chi connectivity index (χ3v) is 9.75. The molecule has 8 aromatic heterocycles. The second-order valence-corrected chi connectivity index (χ2v) is 18.4. The first-order chi connectivity index (χ1) is 35.7. The van der Waals surface area contributed by atoms with Crippen molar-refractivity contribution in [1.82, 2.24) is 39.9 Å². The van der Waals surface area contributed by atoms with Gasteiger partial charge >= 0.3 is 6.18 Å². The first kappa shape index (κ1) is 68.4. The van der Waals surface area contributed by atoms with Crippen LogP contribution >= 0.6 is 31.9 Å². The van der Waals surface area contributed by atoms with Crippen LogP contribution in [-0.4, -0.2) is 39.9 Å². The largest absolute Gasteiger partial charge is 0.433 e. The van der Waals surface area contributed by atoms with Crippen molar-refractivity contribution >= 4 is 31.9 Å². The van der Waals surface area contributed by atoms with Crippen LogP contribution in [0.5, 0.6) is 0 Å². The van der Waals surface area contributed by atoms with Crippen molar-refractivity contribution in [2.24, 2.45) is 0 Å². The SMILES string of the molecule is CCc1cc(C)nc(F)c1.CCc1cc(F)cc(C)n1.Cc1cc(Br)cc(F)n1.Cc1cc(C)nc(F)c1.Cc1cc(C)nc(F)c1.Cc1cc(F)cc(Br)n1.Cc1cc(F)cc(C(F)(F)F)n1.Cc1cc(F)cc(C)n1. The van der Waals surface area contributed by atoms with Crippen molar-refractivity contribution in [3.63, 3.8) is 0 Å². The van der Waals surface area contributed by atoms with E-state index in [1.807, 2.05) is 45.9 Å². The van der Waals surface area contributed by atoms with Crippen LogP contribution < -0.4 is 0 Å². The summed E-state index contributed by atoms with van der Waals surface area (Å²) in [6.07, 6.45) is -2.92. The second kappa shape index (κ2) is 34.2. The van der Waals surface area contributed by atoms with Crippen molar-refractivity contribution in [2.45, 2.75) is 109 Å². The Balaban J connectivity index is 0.000000441. The topological polar surface area (TPSA) is 103 Å². The summed E-state index contributed by atoms with van der Waals surface area (Å²) < 4.78 is 136. The van der Waals surface area contributed by atoms with Crippen LogP contribution in [0, 0.1) is 123 Å². The fourth-order valence-corrected chi connectivity index (χ4v) is 7.11. The molecule has 0 saturated carbocycles. The van der Waals surface area contributed by atoms with Gasteiger partial charge in [0.05, 0.1) is 0 Å². The molecule has 0 unspecified atom stereocenters. The van der Waals surface area contributed by atoms with Gasteiger partial charge in [0.15, 0.2) is 0 Å². The average molecular weight is 1210 g/mol. The summed E-state index contributed by atoms with van der Waals surface area (Å²) in [5.41, 5.74) is 8.25. The maximum atomic E-state index is 12.6. The van der Waals surface area contributed by atoms with Crippen LogP contribution in [0.4, 0.5) is 48.3 Å².